The van der Waals surface area contributed by atoms with E-state index in [1.807, 2.05) is 18.4 Å². The van der Waals surface area contributed by atoms with Gasteiger partial charge in [0.2, 0.25) is 0 Å². The van der Waals surface area contributed by atoms with E-state index in [0.717, 1.165) is 6.42 Å². The van der Waals surface area contributed by atoms with Crippen LogP contribution in [0.3, 0.4) is 0 Å². The van der Waals surface area contributed by atoms with Gasteiger partial charge < -0.3 is 5.32 Å². The second-order valence-corrected chi connectivity index (χ2v) is 5.44. The number of thiophene rings is 1. The molecule has 0 saturated carbocycles. The maximum absolute atomic E-state index is 3.35. The van der Waals surface area contributed by atoms with Crippen molar-refractivity contribution in [3.8, 4) is 10.4 Å². The number of rotatable bonds is 4. The van der Waals surface area contributed by atoms with Crippen molar-refractivity contribution in [1.29, 1.82) is 0 Å². The van der Waals surface area contributed by atoms with Gasteiger partial charge in [0.15, 0.2) is 0 Å². The lowest BCUT2D eigenvalue weighted by Crippen LogP contribution is -2.13. The van der Waals surface area contributed by atoms with Crippen molar-refractivity contribution in [3.05, 3.63) is 46.8 Å². The Bertz CT molecular complexity index is 483. The highest BCUT2D eigenvalue weighted by Gasteiger charge is 2.10. The average molecular weight is 245 g/mol. The molecule has 0 fully saturated rings. The standard InChI is InChI=1S/C15H19NS/c1-4-13(16-3)15-9-8-14(17-15)12-7-5-6-11(2)10-12/h5-10,13,16H,4H2,1-3H3. The first kappa shape index (κ1) is 12.3. The molecule has 1 heterocycles. The monoisotopic (exact) mass is 245 g/mol. The predicted molar refractivity (Wildman–Crippen MR) is 76.6 cm³/mol. The minimum absolute atomic E-state index is 0.485. The lowest BCUT2D eigenvalue weighted by atomic mass is 10.1. The fourth-order valence-corrected chi connectivity index (χ4v) is 3.24. The molecular weight excluding hydrogens is 226 g/mol. The molecule has 0 saturated heterocycles. The first-order valence-electron chi connectivity index (χ1n) is 6.08. The summed E-state index contributed by atoms with van der Waals surface area (Å²) in [5, 5.41) is 3.35. The quantitative estimate of drug-likeness (QED) is 0.842. The number of nitrogens with one attached hydrogen (secondary N) is 1. The van der Waals surface area contributed by atoms with E-state index in [1.165, 1.54) is 20.9 Å². The summed E-state index contributed by atoms with van der Waals surface area (Å²) >= 11 is 1.89. The lowest BCUT2D eigenvalue weighted by Gasteiger charge is -2.10. The summed E-state index contributed by atoms with van der Waals surface area (Å²) in [6, 6.07) is 13.7. The third kappa shape index (κ3) is 2.76. The Kier molecular flexibility index (Phi) is 3.97. The van der Waals surface area contributed by atoms with Gasteiger partial charge in [-0.05, 0) is 38.1 Å². The van der Waals surface area contributed by atoms with Crippen LogP contribution in [0.5, 0.6) is 0 Å². The predicted octanol–water partition coefficient (Wildman–Crippen LogP) is 4.39. The zero-order valence-electron chi connectivity index (χ0n) is 10.7. The molecule has 17 heavy (non-hydrogen) atoms. The summed E-state index contributed by atoms with van der Waals surface area (Å²) in [7, 11) is 2.03. The van der Waals surface area contributed by atoms with E-state index in [4.69, 9.17) is 0 Å². The molecule has 0 radical (unpaired) electrons. The van der Waals surface area contributed by atoms with Crippen molar-refractivity contribution >= 4 is 11.3 Å². The average Bonchev–Trinajstić information content (AvgIpc) is 2.80. The molecule has 2 aromatic rings. The first-order valence-corrected chi connectivity index (χ1v) is 6.90. The summed E-state index contributed by atoms with van der Waals surface area (Å²) in [5.41, 5.74) is 2.64. The number of hydrogen-bond donors (Lipinski definition) is 1. The molecule has 0 spiro atoms. The van der Waals surface area contributed by atoms with Crippen LogP contribution >= 0.6 is 11.3 Å². The van der Waals surface area contributed by atoms with Gasteiger partial charge in [-0.3, -0.25) is 0 Å². The normalized spacial score (nSPS) is 12.6. The number of benzene rings is 1. The molecule has 2 rings (SSSR count). The molecule has 1 nitrogen and oxygen atoms in total. The third-order valence-corrected chi connectivity index (χ3v) is 4.28. The van der Waals surface area contributed by atoms with Gasteiger partial charge in [0.05, 0.1) is 0 Å². The van der Waals surface area contributed by atoms with Gasteiger partial charge in [-0.2, -0.15) is 0 Å². The lowest BCUT2D eigenvalue weighted by molar-refractivity contribution is 0.586. The van der Waals surface area contributed by atoms with Crippen LogP contribution < -0.4 is 5.32 Å². The van der Waals surface area contributed by atoms with Gasteiger partial charge in [0.25, 0.3) is 0 Å². The van der Waals surface area contributed by atoms with Crippen LogP contribution in [0.15, 0.2) is 36.4 Å². The summed E-state index contributed by atoms with van der Waals surface area (Å²) in [4.78, 5) is 2.78. The molecular formula is C15H19NS. The third-order valence-electron chi connectivity index (χ3n) is 3.03. The first-order chi connectivity index (χ1) is 8.24. The molecule has 1 aromatic carbocycles. The van der Waals surface area contributed by atoms with E-state index in [2.05, 4.69) is 55.6 Å². The Labute approximate surface area is 108 Å². The zero-order valence-corrected chi connectivity index (χ0v) is 11.5. The molecule has 1 unspecified atom stereocenters. The van der Waals surface area contributed by atoms with Crippen LogP contribution in [0.2, 0.25) is 0 Å². The number of aryl methyl sites for hydroxylation is 1. The zero-order chi connectivity index (χ0) is 12.3. The SMILES string of the molecule is CCC(NC)c1ccc(-c2cccc(C)c2)s1. The molecule has 0 aliphatic heterocycles. The Morgan fingerprint density at radius 2 is 2.06 bits per heavy atom. The largest absolute Gasteiger partial charge is 0.312 e. The Hall–Kier alpha value is -1.12. The van der Waals surface area contributed by atoms with Gasteiger partial charge in [-0.1, -0.05) is 36.8 Å². The van der Waals surface area contributed by atoms with Crippen molar-refractivity contribution in [3.63, 3.8) is 0 Å². The smallest absolute Gasteiger partial charge is 0.0409 e. The highest BCUT2D eigenvalue weighted by atomic mass is 32.1. The van der Waals surface area contributed by atoms with Crippen molar-refractivity contribution in [1.82, 2.24) is 5.32 Å². The fraction of sp³-hybridized carbons (Fsp3) is 0.333. The Morgan fingerprint density at radius 3 is 2.71 bits per heavy atom. The van der Waals surface area contributed by atoms with Crippen LogP contribution in [-0.4, -0.2) is 7.05 Å². The second-order valence-electron chi connectivity index (χ2n) is 4.32. The van der Waals surface area contributed by atoms with Gasteiger partial charge in [0.1, 0.15) is 0 Å². The van der Waals surface area contributed by atoms with Crippen molar-refractivity contribution in [2.75, 3.05) is 7.05 Å². The minimum atomic E-state index is 0.485. The van der Waals surface area contributed by atoms with Gasteiger partial charge in [0, 0.05) is 15.8 Å². The van der Waals surface area contributed by atoms with Crippen LogP contribution in [0, 0.1) is 6.92 Å². The Morgan fingerprint density at radius 1 is 1.24 bits per heavy atom. The van der Waals surface area contributed by atoms with Gasteiger partial charge in [-0.15, -0.1) is 11.3 Å². The second kappa shape index (κ2) is 5.48. The number of hydrogen-bond acceptors (Lipinski definition) is 2. The molecule has 0 amide bonds. The molecule has 1 aromatic heterocycles. The fourth-order valence-electron chi connectivity index (χ4n) is 2.04. The van der Waals surface area contributed by atoms with E-state index < -0.39 is 0 Å². The highest BCUT2D eigenvalue weighted by Crippen LogP contribution is 2.32. The minimum Gasteiger partial charge on any atom is -0.312 e. The van der Waals surface area contributed by atoms with E-state index in [9.17, 15) is 0 Å². The van der Waals surface area contributed by atoms with Crippen LogP contribution in [0.1, 0.15) is 29.8 Å². The van der Waals surface area contributed by atoms with Crippen LogP contribution in [-0.2, 0) is 0 Å². The Balaban J connectivity index is 2.29. The van der Waals surface area contributed by atoms with Crippen LogP contribution in [0.25, 0.3) is 10.4 Å². The van der Waals surface area contributed by atoms with Crippen molar-refractivity contribution in [2.45, 2.75) is 26.3 Å². The summed E-state index contributed by atoms with van der Waals surface area (Å²) < 4.78 is 0. The van der Waals surface area contributed by atoms with Crippen molar-refractivity contribution < 1.29 is 0 Å². The topological polar surface area (TPSA) is 12.0 Å². The van der Waals surface area contributed by atoms with E-state index in [1.54, 1.807) is 0 Å². The maximum atomic E-state index is 3.35. The molecule has 0 aliphatic rings. The van der Waals surface area contributed by atoms with E-state index in [0.29, 0.717) is 6.04 Å². The van der Waals surface area contributed by atoms with E-state index >= 15 is 0 Å². The maximum Gasteiger partial charge on any atom is 0.0409 e. The van der Waals surface area contributed by atoms with E-state index in [-0.39, 0.29) is 0 Å². The van der Waals surface area contributed by atoms with Crippen LogP contribution in [0.4, 0.5) is 0 Å². The molecule has 0 aliphatic carbocycles. The van der Waals surface area contributed by atoms with Gasteiger partial charge >= 0.3 is 0 Å². The molecule has 1 N–H and O–H groups in total. The summed E-state index contributed by atoms with van der Waals surface area (Å²) in [6.45, 7) is 4.35. The highest BCUT2D eigenvalue weighted by molar-refractivity contribution is 7.15. The van der Waals surface area contributed by atoms with Gasteiger partial charge in [-0.25, -0.2) is 0 Å². The molecule has 90 valence electrons. The summed E-state index contributed by atoms with van der Waals surface area (Å²) in [5.74, 6) is 0. The molecule has 0 bridgehead atoms. The summed E-state index contributed by atoms with van der Waals surface area (Å²) in [6.07, 6.45) is 1.13. The molecule has 1 atom stereocenters. The van der Waals surface area contributed by atoms with Crippen molar-refractivity contribution in [2.24, 2.45) is 0 Å². The molecule has 2 heteroatoms.